The monoisotopic (exact) mass is 355 g/mol. The summed E-state index contributed by atoms with van der Waals surface area (Å²) in [5, 5.41) is 5.75. The molecule has 23 heavy (non-hydrogen) atoms. The van der Waals surface area contributed by atoms with Crippen LogP contribution in [0.2, 0.25) is 0 Å². The summed E-state index contributed by atoms with van der Waals surface area (Å²) in [6.45, 7) is 9.69. The van der Waals surface area contributed by atoms with E-state index in [1.165, 1.54) is 30.6 Å². The van der Waals surface area contributed by atoms with E-state index in [1.54, 1.807) is 11.8 Å². The third-order valence-corrected chi connectivity index (χ3v) is 6.32. The third-order valence-electron chi connectivity index (χ3n) is 4.28. The van der Waals surface area contributed by atoms with Crippen molar-refractivity contribution in [2.45, 2.75) is 58.2 Å². The van der Waals surface area contributed by atoms with Crippen molar-refractivity contribution >= 4 is 34.1 Å². The Balaban J connectivity index is 1.76. The molecule has 130 valence electrons. The van der Waals surface area contributed by atoms with Crippen molar-refractivity contribution in [1.82, 2.24) is 9.88 Å². The first-order valence-corrected chi connectivity index (χ1v) is 10.6. The van der Waals surface area contributed by atoms with E-state index >= 15 is 0 Å². The van der Waals surface area contributed by atoms with Crippen LogP contribution in [-0.4, -0.2) is 39.9 Å². The molecule has 1 aromatic heterocycles. The average Bonchev–Trinajstić information content (AvgIpc) is 2.96. The molecule has 6 heteroatoms. The largest absolute Gasteiger partial charge is 0.301 e. The molecule has 4 nitrogen and oxygen atoms in total. The molecule has 1 aromatic rings. The summed E-state index contributed by atoms with van der Waals surface area (Å²) in [5.41, 5.74) is 1.08. The molecule has 2 heterocycles. The van der Waals surface area contributed by atoms with Crippen molar-refractivity contribution in [3.05, 3.63) is 11.1 Å². The molecule has 1 saturated heterocycles. The second-order valence-corrected chi connectivity index (χ2v) is 8.77. The van der Waals surface area contributed by atoms with Gasteiger partial charge >= 0.3 is 0 Å². The van der Waals surface area contributed by atoms with Crippen molar-refractivity contribution in [3.8, 4) is 0 Å². The van der Waals surface area contributed by atoms with Crippen molar-refractivity contribution in [3.63, 3.8) is 0 Å². The van der Waals surface area contributed by atoms with Gasteiger partial charge in [0.05, 0.1) is 10.9 Å². The van der Waals surface area contributed by atoms with Gasteiger partial charge in [0, 0.05) is 11.9 Å². The molecular weight excluding hydrogens is 326 g/mol. The smallest absolute Gasteiger partial charge is 0.238 e. The van der Waals surface area contributed by atoms with Gasteiger partial charge in [-0.15, -0.1) is 23.1 Å². The number of hydrogen-bond acceptors (Lipinski definition) is 5. The van der Waals surface area contributed by atoms with Gasteiger partial charge in [-0.1, -0.05) is 20.3 Å². The fourth-order valence-electron chi connectivity index (χ4n) is 2.57. The lowest BCUT2D eigenvalue weighted by Gasteiger charge is -2.29. The Hall–Kier alpha value is -0.590. The second kappa shape index (κ2) is 9.64. The predicted octanol–water partition coefficient (Wildman–Crippen LogP) is 4.24. The van der Waals surface area contributed by atoms with Crippen LogP contribution < -0.4 is 5.32 Å². The molecule has 0 saturated carbocycles. The minimum absolute atomic E-state index is 0.0162. The maximum atomic E-state index is 12.2. The second-order valence-electron chi connectivity index (χ2n) is 6.46. The molecule has 1 amide bonds. The number of nitrogens with one attached hydrogen (secondary N) is 1. The lowest BCUT2D eigenvalue weighted by atomic mass is 9.99. The predicted molar refractivity (Wildman–Crippen MR) is 101 cm³/mol. The molecule has 0 spiro atoms. The van der Waals surface area contributed by atoms with Crippen LogP contribution in [0, 0.1) is 5.92 Å². The Labute approximate surface area is 148 Å². The first-order valence-electron chi connectivity index (χ1n) is 8.67. The number of carbonyl (C=O) groups is 1. The van der Waals surface area contributed by atoms with Crippen LogP contribution in [-0.2, 0) is 11.3 Å². The van der Waals surface area contributed by atoms with E-state index < -0.39 is 0 Å². The van der Waals surface area contributed by atoms with E-state index in [9.17, 15) is 4.79 Å². The quantitative estimate of drug-likeness (QED) is 0.709. The zero-order chi connectivity index (χ0) is 16.7. The van der Waals surface area contributed by atoms with Crippen LogP contribution in [0.25, 0.3) is 0 Å². The molecule has 0 aromatic carbocycles. The molecule has 1 aliphatic heterocycles. The van der Waals surface area contributed by atoms with Crippen LogP contribution in [0.15, 0.2) is 5.38 Å². The minimum Gasteiger partial charge on any atom is -0.301 e. The van der Waals surface area contributed by atoms with Gasteiger partial charge in [-0.05, 0) is 50.9 Å². The lowest BCUT2D eigenvalue weighted by molar-refractivity contribution is -0.115. The normalized spacial score (nSPS) is 18.0. The number of unbranched alkanes of at least 4 members (excludes halogenated alkanes) is 1. The summed E-state index contributed by atoms with van der Waals surface area (Å²) in [6.07, 6.45) is 4.89. The number of rotatable bonds is 8. The number of carbonyl (C=O) groups excluding carboxylic acids is 1. The molecular formula is C17H29N3OS2. The molecule has 1 unspecified atom stereocenters. The van der Waals surface area contributed by atoms with E-state index in [4.69, 9.17) is 0 Å². The van der Waals surface area contributed by atoms with Gasteiger partial charge in [0.2, 0.25) is 5.91 Å². The summed E-state index contributed by atoms with van der Waals surface area (Å²) < 4.78 is 0. The third kappa shape index (κ3) is 6.43. The number of anilines is 1. The Morgan fingerprint density at radius 1 is 1.52 bits per heavy atom. The van der Waals surface area contributed by atoms with Crippen LogP contribution in [0.4, 0.5) is 5.13 Å². The number of thiazole rings is 1. The number of aromatic nitrogens is 1. The summed E-state index contributed by atoms with van der Waals surface area (Å²) in [4.78, 5) is 19.2. The average molecular weight is 356 g/mol. The van der Waals surface area contributed by atoms with Crippen LogP contribution in [0.5, 0.6) is 0 Å². The van der Waals surface area contributed by atoms with Gasteiger partial charge in [0.25, 0.3) is 0 Å². The number of hydrogen-bond donors (Lipinski definition) is 1. The highest BCUT2D eigenvalue weighted by Gasteiger charge is 2.18. The van der Waals surface area contributed by atoms with Crippen molar-refractivity contribution in [2.24, 2.45) is 5.92 Å². The summed E-state index contributed by atoms with van der Waals surface area (Å²) in [7, 11) is 0. The molecule has 1 atom stereocenters. The summed E-state index contributed by atoms with van der Waals surface area (Å²) >= 11 is 3.25. The number of piperidine rings is 1. The van der Waals surface area contributed by atoms with Gasteiger partial charge in [-0.3, -0.25) is 9.69 Å². The number of likely N-dealkylation sites (tertiary alicyclic amines) is 1. The standard InChI is InChI=1S/C17H29N3OS2/c1-4-5-10-22-14(3)16(21)19-17-18-15(12-23-17)11-20-8-6-13(2)7-9-20/h12-14H,4-11H2,1-3H3,(H,18,19,21). The topological polar surface area (TPSA) is 45.2 Å². The van der Waals surface area contributed by atoms with E-state index in [0.29, 0.717) is 0 Å². The highest BCUT2D eigenvalue weighted by Crippen LogP contribution is 2.22. The number of nitrogens with zero attached hydrogens (tertiary/aromatic N) is 2. The summed E-state index contributed by atoms with van der Waals surface area (Å²) in [6, 6.07) is 0. The molecule has 0 aliphatic carbocycles. The molecule has 1 fully saturated rings. The lowest BCUT2D eigenvalue weighted by Crippen LogP contribution is -2.32. The Kier molecular flexibility index (Phi) is 7.86. The van der Waals surface area contributed by atoms with Crippen molar-refractivity contribution in [1.29, 1.82) is 0 Å². The highest BCUT2D eigenvalue weighted by atomic mass is 32.2. The fraction of sp³-hybridized carbons (Fsp3) is 0.765. The van der Waals surface area contributed by atoms with Crippen molar-refractivity contribution in [2.75, 3.05) is 24.2 Å². The Bertz CT molecular complexity index is 484. The number of amides is 1. The maximum Gasteiger partial charge on any atom is 0.238 e. The number of thioether (sulfide) groups is 1. The van der Waals surface area contributed by atoms with E-state index in [2.05, 4.69) is 34.4 Å². The zero-order valence-electron chi connectivity index (χ0n) is 14.5. The Morgan fingerprint density at radius 2 is 2.26 bits per heavy atom. The van der Waals surface area contributed by atoms with Crippen LogP contribution >= 0.6 is 23.1 Å². The molecule has 2 rings (SSSR count). The van der Waals surface area contributed by atoms with Gasteiger partial charge in [-0.2, -0.15) is 0 Å². The van der Waals surface area contributed by atoms with Gasteiger partial charge in [0.1, 0.15) is 0 Å². The van der Waals surface area contributed by atoms with E-state index in [1.807, 2.05) is 6.92 Å². The fourth-order valence-corrected chi connectivity index (χ4v) is 4.30. The van der Waals surface area contributed by atoms with Crippen molar-refractivity contribution < 1.29 is 4.79 Å². The van der Waals surface area contributed by atoms with Gasteiger partial charge in [-0.25, -0.2) is 4.98 Å². The van der Waals surface area contributed by atoms with Crippen LogP contribution in [0.1, 0.15) is 52.1 Å². The van der Waals surface area contributed by atoms with Crippen LogP contribution in [0.3, 0.4) is 0 Å². The molecule has 0 radical (unpaired) electrons. The minimum atomic E-state index is -0.0162. The molecule has 1 N–H and O–H groups in total. The SMILES string of the molecule is CCCCSC(C)C(=O)Nc1nc(CN2CCC(C)CC2)cs1. The highest BCUT2D eigenvalue weighted by molar-refractivity contribution is 8.00. The maximum absolute atomic E-state index is 12.2. The first kappa shape index (κ1) is 18.7. The zero-order valence-corrected chi connectivity index (χ0v) is 16.1. The Morgan fingerprint density at radius 3 is 2.96 bits per heavy atom. The molecule has 1 aliphatic rings. The van der Waals surface area contributed by atoms with Gasteiger partial charge in [0.15, 0.2) is 5.13 Å². The van der Waals surface area contributed by atoms with Gasteiger partial charge < -0.3 is 5.32 Å². The first-order chi connectivity index (χ1) is 11.1. The van der Waals surface area contributed by atoms with E-state index in [-0.39, 0.29) is 11.2 Å². The summed E-state index contributed by atoms with van der Waals surface area (Å²) in [5.74, 6) is 1.96. The molecule has 0 bridgehead atoms. The van der Waals surface area contributed by atoms with E-state index in [0.717, 1.165) is 48.6 Å².